The standard InChI is InChI=1S/C23H41N/c1-2-3-4-5-6-7-8-9-10-11-12-13-14-15-16-17-18-20-23-21-19-22-24-23/h18-22,24H,2-17H2,1H3. The minimum Gasteiger partial charge on any atom is -0.362 e. The Kier molecular flexibility index (Phi) is 14.8. The topological polar surface area (TPSA) is 15.8 Å². The lowest BCUT2D eigenvalue weighted by Crippen LogP contribution is -1.83. The highest BCUT2D eigenvalue weighted by molar-refractivity contribution is 5.43. The van der Waals surface area contributed by atoms with Gasteiger partial charge in [0, 0.05) is 11.9 Å². The molecule has 0 amide bonds. The first-order valence-corrected chi connectivity index (χ1v) is 10.7. The van der Waals surface area contributed by atoms with Crippen LogP contribution in [0.4, 0.5) is 0 Å². The Balaban J connectivity index is 1.70. The molecule has 0 unspecified atom stereocenters. The van der Waals surface area contributed by atoms with Gasteiger partial charge in [0.25, 0.3) is 0 Å². The maximum absolute atomic E-state index is 3.20. The van der Waals surface area contributed by atoms with E-state index in [1.807, 2.05) is 12.3 Å². The van der Waals surface area contributed by atoms with Gasteiger partial charge in [-0.3, -0.25) is 0 Å². The molecule has 1 heteroatoms. The summed E-state index contributed by atoms with van der Waals surface area (Å²) in [6.45, 7) is 2.29. The fourth-order valence-electron chi connectivity index (χ4n) is 3.29. The third kappa shape index (κ3) is 13.5. The van der Waals surface area contributed by atoms with E-state index < -0.39 is 0 Å². The Morgan fingerprint density at radius 2 is 1.21 bits per heavy atom. The summed E-state index contributed by atoms with van der Waals surface area (Å²) in [4.78, 5) is 3.20. The monoisotopic (exact) mass is 331 g/mol. The van der Waals surface area contributed by atoms with Crippen LogP contribution in [-0.2, 0) is 0 Å². The molecule has 0 bridgehead atoms. The number of hydrogen-bond acceptors (Lipinski definition) is 0. The van der Waals surface area contributed by atoms with Crippen LogP contribution >= 0.6 is 0 Å². The van der Waals surface area contributed by atoms with Crippen molar-refractivity contribution in [2.75, 3.05) is 0 Å². The molecule has 0 aliphatic heterocycles. The summed E-state index contributed by atoms with van der Waals surface area (Å²) in [5, 5.41) is 0. The smallest absolute Gasteiger partial charge is 0.0377 e. The van der Waals surface area contributed by atoms with Crippen molar-refractivity contribution in [1.29, 1.82) is 0 Å². The van der Waals surface area contributed by atoms with E-state index in [9.17, 15) is 0 Å². The Hall–Kier alpha value is -0.980. The van der Waals surface area contributed by atoms with Crippen LogP contribution in [0.3, 0.4) is 0 Å². The van der Waals surface area contributed by atoms with Gasteiger partial charge in [-0.15, -0.1) is 0 Å². The van der Waals surface area contributed by atoms with Crippen LogP contribution < -0.4 is 0 Å². The Morgan fingerprint density at radius 3 is 1.67 bits per heavy atom. The van der Waals surface area contributed by atoms with Gasteiger partial charge in [-0.2, -0.15) is 0 Å². The summed E-state index contributed by atoms with van der Waals surface area (Å²) in [6.07, 6.45) is 29.3. The average Bonchev–Trinajstić information content (AvgIpc) is 3.11. The third-order valence-corrected chi connectivity index (χ3v) is 4.89. The molecular formula is C23H41N. The number of rotatable bonds is 17. The number of aromatic nitrogens is 1. The van der Waals surface area contributed by atoms with Crippen molar-refractivity contribution in [3.8, 4) is 0 Å². The van der Waals surface area contributed by atoms with E-state index in [4.69, 9.17) is 0 Å². The Morgan fingerprint density at radius 1 is 0.708 bits per heavy atom. The second-order valence-corrected chi connectivity index (χ2v) is 7.27. The van der Waals surface area contributed by atoms with E-state index in [2.05, 4.69) is 30.1 Å². The molecule has 1 aromatic heterocycles. The summed E-state index contributed by atoms with van der Waals surface area (Å²) in [5.41, 5.74) is 1.22. The normalized spacial score (nSPS) is 11.5. The number of allylic oxidation sites excluding steroid dienone is 1. The minimum absolute atomic E-state index is 1.22. The second-order valence-electron chi connectivity index (χ2n) is 7.27. The first-order valence-electron chi connectivity index (χ1n) is 10.7. The van der Waals surface area contributed by atoms with Crippen molar-refractivity contribution in [2.45, 2.75) is 110 Å². The summed E-state index contributed by atoms with van der Waals surface area (Å²) in [5.74, 6) is 0. The first-order chi connectivity index (χ1) is 11.9. The van der Waals surface area contributed by atoms with Crippen LogP contribution in [0.5, 0.6) is 0 Å². The highest BCUT2D eigenvalue weighted by Gasteiger charge is 1.94. The maximum atomic E-state index is 3.20. The van der Waals surface area contributed by atoms with Crippen LogP contribution in [0.25, 0.3) is 6.08 Å². The van der Waals surface area contributed by atoms with Gasteiger partial charge in [0.05, 0.1) is 0 Å². The maximum Gasteiger partial charge on any atom is 0.0377 e. The van der Waals surface area contributed by atoms with E-state index in [-0.39, 0.29) is 0 Å². The van der Waals surface area contributed by atoms with E-state index in [0.29, 0.717) is 0 Å². The molecule has 138 valence electrons. The molecule has 0 atom stereocenters. The number of hydrogen-bond donors (Lipinski definition) is 1. The summed E-state index contributed by atoms with van der Waals surface area (Å²) < 4.78 is 0. The summed E-state index contributed by atoms with van der Waals surface area (Å²) in [6, 6.07) is 4.16. The number of unbranched alkanes of at least 4 members (excludes halogenated alkanes) is 15. The lowest BCUT2D eigenvalue weighted by Gasteiger charge is -2.03. The lowest BCUT2D eigenvalue weighted by atomic mass is 10.0. The minimum atomic E-state index is 1.22. The van der Waals surface area contributed by atoms with Gasteiger partial charge in [-0.25, -0.2) is 0 Å². The van der Waals surface area contributed by atoms with Crippen molar-refractivity contribution in [2.24, 2.45) is 0 Å². The number of H-pyrrole nitrogens is 1. The van der Waals surface area contributed by atoms with Crippen LogP contribution in [0.2, 0.25) is 0 Å². The van der Waals surface area contributed by atoms with Gasteiger partial charge >= 0.3 is 0 Å². The number of aromatic amines is 1. The molecule has 0 aromatic carbocycles. The molecule has 0 spiro atoms. The SMILES string of the molecule is CCCCCCCCCCCCCCCCCC=Cc1ccc[nH]1. The van der Waals surface area contributed by atoms with Gasteiger partial charge in [0.2, 0.25) is 0 Å². The van der Waals surface area contributed by atoms with Crippen molar-refractivity contribution in [1.82, 2.24) is 4.98 Å². The zero-order valence-electron chi connectivity index (χ0n) is 16.2. The summed E-state index contributed by atoms with van der Waals surface area (Å²) >= 11 is 0. The van der Waals surface area contributed by atoms with Gasteiger partial charge in [0.1, 0.15) is 0 Å². The molecule has 0 fully saturated rings. The van der Waals surface area contributed by atoms with E-state index in [1.165, 1.54) is 108 Å². The largest absolute Gasteiger partial charge is 0.362 e. The van der Waals surface area contributed by atoms with Gasteiger partial charge < -0.3 is 4.98 Å². The van der Waals surface area contributed by atoms with Gasteiger partial charge in [-0.05, 0) is 31.1 Å². The molecule has 24 heavy (non-hydrogen) atoms. The van der Waals surface area contributed by atoms with E-state index >= 15 is 0 Å². The molecule has 0 radical (unpaired) electrons. The molecule has 1 heterocycles. The van der Waals surface area contributed by atoms with Crippen molar-refractivity contribution >= 4 is 6.08 Å². The fraction of sp³-hybridized carbons (Fsp3) is 0.739. The molecule has 0 aliphatic rings. The zero-order chi connectivity index (χ0) is 17.1. The average molecular weight is 332 g/mol. The van der Waals surface area contributed by atoms with Crippen molar-refractivity contribution in [3.05, 3.63) is 30.1 Å². The van der Waals surface area contributed by atoms with Crippen LogP contribution in [-0.4, -0.2) is 4.98 Å². The van der Waals surface area contributed by atoms with Crippen LogP contribution in [0, 0.1) is 0 Å². The highest BCUT2D eigenvalue weighted by atomic mass is 14.7. The predicted octanol–water partition coefficient (Wildman–Crippen LogP) is 8.29. The quantitative estimate of drug-likeness (QED) is 0.276. The van der Waals surface area contributed by atoms with Crippen molar-refractivity contribution in [3.63, 3.8) is 0 Å². The molecule has 1 nitrogen and oxygen atoms in total. The molecule has 1 aromatic rings. The Bertz CT molecular complexity index is 363. The van der Waals surface area contributed by atoms with Crippen LogP contribution in [0.15, 0.2) is 24.4 Å². The van der Waals surface area contributed by atoms with Crippen LogP contribution in [0.1, 0.15) is 115 Å². The fourth-order valence-corrected chi connectivity index (χ4v) is 3.29. The predicted molar refractivity (Wildman–Crippen MR) is 109 cm³/mol. The second kappa shape index (κ2) is 16.9. The highest BCUT2D eigenvalue weighted by Crippen LogP contribution is 2.13. The molecule has 0 saturated heterocycles. The zero-order valence-corrected chi connectivity index (χ0v) is 16.2. The molecule has 1 rings (SSSR count). The first kappa shape index (κ1) is 21.1. The van der Waals surface area contributed by atoms with Gasteiger partial charge in [-0.1, -0.05) is 103 Å². The third-order valence-electron chi connectivity index (χ3n) is 4.89. The Labute approximate surface area is 151 Å². The van der Waals surface area contributed by atoms with Gasteiger partial charge in [0.15, 0.2) is 0 Å². The molecule has 0 saturated carbocycles. The molecule has 0 aliphatic carbocycles. The lowest BCUT2D eigenvalue weighted by molar-refractivity contribution is 0.533. The van der Waals surface area contributed by atoms with E-state index in [1.54, 1.807) is 0 Å². The van der Waals surface area contributed by atoms with E-state index in [0.717, 1.165) is 0 Å². The number of nitrogens with one attached hydrogen (secondary N) is 1. The summed E-state index contributed by atoms with van der Waals surface area (Å²) in [7, 11) is 0. The molecule has 1 N–H and O–H groups in total. The van der Waals surface area contributed by atoms with Crippen molar-refractivity contribution < 1.29 is 0 Å². The molecular weight excluding hydrogens is 290 g/mol.